The van der Waals surface area contributed by atoms with E-state index in [2.05, 4.69) is 33.8 Å². The van der Waals surface area contributed by atoms with Crippen molar-refractivity contribution >= 4 is 19.4 Å². The van der Waals surface area contributed by atoms with Crippen LogP contribution in [0.25, 0.3) is 0 Å². The molecule has 1 unspecified atom stereocenters. The van der Waals surface area contributed by atoms with E-state index < -0.39 is 0 Å². The normalized spacial score (nSPS) is 10.8. The molecule has 4 heteroatoms. The molecule has 0 aliphatic heterocycles. The third-order valence-corrected chi connectivity index (χ3v) is 5.56. The number of unbranched alkanes of at least 4 members (excludes halogenated alkanes) is 1. The molecule has 0 spiro atoms. The second kappa shape index (κ2) is 10.2. The van der Waals surface area contributed by atoms with Crippen molar-refractivity contribution in [1.29, 1.82) is 0 Å². The van der Waals surface area contributed by atoms with Crippen molar-refractivity contribution < 1.29 is 28.4 Å². The smallest absolute Gasteiger partial charge is 0.494 e. The molecule has 0 N–H and O–H groups in total. The van der Waals surface area contributed by atoms with E-state index in [4.69, 9.17) is 4.74 Å². The minimum Gasteiger partial charge on any atom is -0.494 e. The molecule has 0 aliphatic carbocycles. The van der Waals surface area contributed by atoms with Crippen molar-refractivity contribution in [3.8, 4) is 5.75 Å². The zero-order valence-electron chi connectivity index (χ0n) is 16.3. The number of rotatable bonds is 7. The van der Waals surface area contributed by atoms with Crippen LogP contribution in [-0.4, -0.2) is 12.1 Å². The average Bonchev–Trinajstić information content (AvgIpc) is 2.54. The molecule has 1 atom stereocenters. The molecule has 2 aromatic rings. The second-order valence-electron chi connectivity index (χ2n) is 6.32. The first-order valence-corrected chi connectivity index (χ1v) is 9.55. The maximum absolute atomic E-state index is 12.8. The first-order chi connectivity index (χ1) is 11.4. The van der Waals surface area contributed by atoms with Gasteiger partial charge in [0, 0.05) is 5.56 Å². The van der Waals surface area contributed by atoms with E-state index >= 15 is 0 Å². The summed E-state index contributed by atoms with van der Waals surface area (Å²) in [7, 11) is 0.146. The summed E-state index contributed by atoms with van der Waals surface area (Å²) >= 11 is 0. The van der Waals surface area contributed by atoms with Gasteiger partial charge in [0.2, 0.25) is 0 Å². The Bertz CT molecular complexity index is 724. The van der Waals surface area contributed by atoms with E-state index in [0.717, 1.165) is 47.2 Å². The van der Waals surface area contributed by atoms with Gasteiger partial charge in [-0.3, -0.25) is 4.79 Å². The first kappa shape index (κ1) is 22.0. The van der Waals surface area contributed by atoms with E-state index in [0.29, 0.717) is 0 Å². The van der Waals surface area contributed by atoms with Crippen molar-refractivity contribution in [2.24, 2.45) is 0 Å². The fourth-order valence-electron chi connectivity index (χ4n) is 2.80. The van der Waals surface area contributed by atoms with Crippen molar-refractivity contribution in [2.45, 2.75) is 47.5 Å². The molecule has 0 fully saturated rings. The molecule has 2 aromatic carbocycles. The number of benzene rings is 2. The average molecular weight is 349 g/mol. The van der Waals surface area contributed by atoms with E-state index in [1.807, 2.05) is 31.2 Å². The van der Waals surface area contributed by atoms with Gasteiger partial charge < -0.3 is 4.74 Å². The van der Waals surface area contributed by atoms with Crippen LogP contribution in [0, 0.1) is 27.7 Å². The Morgan fingerprint density at radius 2 is 1.64 bits per heavy atom. The van der Waals surface area contributed by atoms with Crippen LogP contribution in [0.2, 0.25) is 0 Å². The van der Waals surface area contributed by atoms with Crippen molar-refractivity contribution in [1.82, 2.24) is 0 Å². The Hall–Kier alpha value is -1.06. The first-order valence-electron chi connectivity index (χ1n) is 8.55. The summed E-state index contributed by atoms with van der Waals surface area (Å²) in [4.78, 5) is 12.8. The van der Waals surface area contributed by atoms with Gasteiger partial charge in [-0.25, -0.2) is 0 Å². The number of aryl methyl sites for hydroxylation is 2. The summed E-state index contributed by atoms with van der Waals surface area (Å²) in [5, 5.41) is 1.06. The number of hydrogen-bond donors (Lipinski definition) is 0. The van der Waals surface area contributed by atoms with Gasteiger partial charge >= 0.3 is 18.9 Å². The fourth-order valence-corrected chi connectivity index (χ4v) is 3.90. The molecule has 0 amide bonds. The largest absolute Gasteiger partial charge is 1.00 e. The molecule has 0 bridgehead atoms. The van der Waals surface area contributed by atoms with Gasteiger partial charge in [0.05, 0.1) is 6.61 Å². The summed E-state index contributed by atoms with van der Waals surface area (Å²) in [6.45, 7) is 11.2. The summed E-state index contributed by atoms with van der Waals surface area (Å²) in [6.07, 6.45) is 2.19. The molecule has 2 nitrogen and oxygen atoms in total. The Balaban J connectivity index is 0.00000312. The molecule has 0 heterocycles. The molecule has 0 saturated carbocycles. The summed E-state index contributed by atoms with van der Waals surface area (Å²) in [5.74, 6) is 0.878. The number of hydrogen-bond acceptors (Lipinski definition) is 2. The Labute approximate surface area is 165 Å². The molecular formula is C21H27LiO2P+. The second-order valence-corrected chi connectivity index (χ2v) is 7.60. The standard InChI is InChI=1S/C21H27O2P.Li/c1-6-7-12-23-18-8-10-19(11-9-18)24-21(22)20-15(3)13-14(2)16(4)17(20)5;/h8-11,13,24H,6-7,12H2,1-5H3;/q;+1. The van der Waals surface area contributed by atoms with Crippen LogP contribution in [0.1, 0.15) is 52.4 Å². The van der Waals surface area contributed by atoms with Crippen molar-refractivity contribution in [3.63, 3.8) is 0 Å². The fraction of sp³-hybridized carbons (Fsp3) is 0.381. The minimum atomic E-state index is 0. The Morgan fingerprint density at radius 3 is 2.24 bits per heavy atom. The Kier molecular flexibility index (Phi) is 8.95. The van der Waals surface area contributed by atoms with Crippen LogP contribution in [-0.2, 0) is 0 Å². The van der Waals surface area contributed by atoms with Crippen LogP contribution < -0.4 is 28.9 Å². The van der Waals surface area contributed by atoms with Gasteiger partial charge in [-0.05, 0) is 82.4 Å². The number of ether oxygens (including phenoxy) is 1. The molecule has 0 radical (unpaired) electrons. The van der Waals surface area contributed by atoms with Gasteiger partial charge in [0.1, 0.15) is 5.75 Å². The van der Waals surface area contributed by atoms with E-state index in [-0.39, 0.29) is 33.0 Å². The van der Waals surface area contributed by atoms with Gasteiger partial charge in [-0.2, -0.15) is 0 Å². The number of carbonyl (C=O) groups excluding carboxylic acids is 1. The van der Waals surface area contributed by atoms with Gasteiger partial charge in [0.15, 0.2) is 5.52 Å². The molecule has 25 heavy (non-hydrogen) atoms. The third kappa shape index (κ3) is 5.72. The molecule has 0 saturated heterocycles. The monoisotopic (exact) mass is 349 g/mol. The summed E-state index contributed by atoms with van der Waals surface area (Å²) < 4.78 is 5.68. The van der Waals surface area contributed by atoms with Gasteiger partial charge in [-0.15, -0.1) is 0 Å². The molecule has 2 rings (SSSR count). The van der Waals surface area contributed by atoms with Crippen LogP contribution in [0.5, 0.6) is 5.75 Å². The van der Waals surface area contributed by atoms with E-state index in [9.17, 15) is 4.79 Å². The van der Waals surface area contributed by atoms with E-state index in [1.165, 1.54) is 11.1 Å². The van der Waals surface area contributed by atoms with Crippen LogP contribution in [0.3, 0.4) is 0 Å². The summed E-state index contributed by atoms with van der Waals surface area (Å²) in [5.41, 5.74) is 5.76. The third-order valence-electron chi connectivity index (χ3n) is 4.46. The molecule has 0 aliphatic rings. The molecule has 0 aromatic heterocycles. The predicted molar refractivity (Wildman–Crippen MR) is 105 cm³/mol. The quantitative estimate of drug-likeness (QED) is 0.435. The van der Waals surface area contributed by atoms with Crippen molar-refractivity contribution in [3.05, 3.63) is 58.1 Å². The topological polar surface area (TPSA) is 26.3 Å². The zero-order chi connectivity index (χ0) is 17.7. The van der Waals surface area contributed by atoms with Crippen molar-refractivity contribution in [2.75, 3.05) is 6.61 Å². The van der Waals surface area contributed by atoms with Crippen LogP contribution in [0.15, 0.2) is 30.3 Å². The van der Waals surface area contributed by atoms with Crippen LogP contribution >= 0.6 is 8.58 Å². The van der Waals surface area contributed by atoms with Gasteiger partial charge in [-0.1, -0.05) is 31.5 Å². The molecule has 128 valence electrons. The minimum absolute atomic E-state index is 0. The number of carbonyl (C=O) groups is 1. The van der Waals surface area contributed by atoms with Crippen LogP contribution in [0.4, 0.5) is 0 Å². The molecular weight excluding hydrogens is 322 g/mol. The maximum atomic E-state index is 12.8. The Morgan fingerprint density at radius 1 is 1.00 bits per heavy atom. The van der Waals surface area contributed by atoms with Gasteiger partial charge in [0.25, 0.3) is 0 Å². The predicted octanol–water partition coefficient (Wildman–Crippen LogP) is 2.25. The SMILES string of the molecule is CCCCOc1ccc(PC(=O)c2c(C)cc(C)c(C)c2C)cc1.[Li+]. The zero-order valence-corrected chi connectivity index (χ0v) is 17.3. The summed E-state index contributed by atoms with van der Waals surface area (Å²) in [6, 6.07) is 10.0. The maximum Gasteiger partial charge on any atom is 1.00 e. The van der Waals surface area contributed by atoms with E-state index in [1.54, 1.807) is 0 Å².